The van der Waals surface area contributed by atoms with Gasteiger partial charge in [-0.15, -0.1) is 0 Å². The summed E-state index contributed by atoms with van der Waals surface area (Å²) < 4.78 is 5.83. The average molecular weight is 458 g/mol. The van der Waals surface area contributed by atoms with Crippen molar-refractivity contribution in [3.05, 3.63) is 65.4 Å². The lowest BCUT2D eigenvalue weighted by molar-refractivity contribution is 0.0655. The van der Waals surface area contributed by atoms with E-state index in [2.05, 4.69) is 0 Å². The number of fused-ring (bicyclic) bond motifs is 2. The number of benzene rings is 2. The highest BCUT2D eigenvalue weighted by Gasteiger charge is 2.39. The van der Waals surface area contributed by atoms with Crippen molar-refractivity contribution in [2.45, 2.75) is 58.5 Å². The van der Waals surface area contributed by atoms with E-state index in [0.717, 1.165) is 42.3 Å². The Bertz CT molecular complexity index is 1230. The predicted octanol–water partition coefficient (Wildman–Crippen LogP) is 5.59. The smallest absolute Gasteiger partial charge is 0.273 e. The summed E-state index contributed by atoms with van der Waals surface area (Å²) in [4.78, 5) is 36.1. The molecule has 1 saturated carbocycles. The third-order valence-electron chi connectivity index (χ3n) is 7.03. The molecule has 1 fully saturated rings. The Labute approximate surface area is 200 Å². The van der Waals surface area contributed by atoms with E-state index in [1.54, 1.807) is 4.90 Å². The van der Waals surface area contributed by atoms with Gasteiger partial charge < -0.3 is 14.5 Å². The van der Waals surface area contributed by atoms with Crippen LogP contribution in [0.5, 0.6) is 5.75 Å². The van der Waals surface area contributed by atoms with Crippen LogP contribution in [0.15, 0.2) is 48.5 Å². The number of hydrogen-bond donors (Lipinski definition) is 0. The maximum absolute atomic E-state index is 14.2. The lowest BCUT2D eigenvalue weighted by atomic mass is 9.94. The quantitative estimate of drug-likeness (QED) is 0.484. The number of amides is 2. The summed E-state index contributed by atoms with van der Waals surface area (Å²) in [5.41, 5.74) is 3.19. The Hall–Kier alpha value is -3.41. The third kappa shape index (κ3) is 3.81. The van der Waals surface area contributed by atoms with Gasteiger partial charge in [0.1, 0.15) is 11.4 Å². The molecule has 0 radical (unpaired) electrons. The van der Waals surface area contributed by atoms with Crippen LogP contribution in [0, 0.1) is 0 Å². The highest BCUT2D eigenvalue weighted by atomic mass is 16.5. The number of ether oxygens (including phenoxy) is 1. The molecule has 0 atom stereocenters. The second-order valence-corrected chi connectivity index (χ2v) is 9.01. The van der Waals surface area contributed by atoms with E-state index in [9.17, 15) is 9.59 Å². The van der Waals surface area contributed by atoms with Crippen LogP contribution in [-0.4, -0.2) is 40.9 Å². The number of hydrogen-bond acceptors (Lipinski definition) is 4. The molecule has 1 aliphatic heterocycles. The van der Waals surface area contributed by atoms with Crippen molar-refractivity contribution >= 4 is 28.4 Å². The van der Waals surface area contributed by atoms with E-state index >= 15 is 0 Å². The number of pyridine rings is 1. The number of aromatic nitrogens is 1. The molecule has 0 unspecified atom stereocenters. The summed E-state index contributed by atoms with van der Waals surface area (Å²) in [6, 6.07) is 15.5. The van der Waals surface area contributed by atoms with Crippen molar-refractivity contribution in [1.29, 1.82) is 0 Å². The third-order valence-corrected chi connectivity index (χ3v) is 7.03. The lowest BCUT2D eigenvalue weighted by Crippen LogP contribution is -2.37. The van der Waals surface area contributed by atoms with Crippen molar-refractivity contribution in [1.82, 2.24) is 9.88 Å². The highest BCUT2D eigenvalue weighted by molar-refractivity contribution is 6.17. The van der Waals surface area contributed by atoms with Crippen LogP contribution in [0.25, 0.3) is 10.9 Å². The van der Waals surface area contributed by atoms with Crippen molar-refractivity contribution in [3.63, 3.8) is 0 Å². The van der Waals surface area contributed by atoms with Gasteiger partial charge in [-0.05, 0) is 44.9 Å². The summed E-state index contributed by atoms with van der Waals surface area (Å²) in [7, 11) is 0. The van der Waals surface area contributed by atoms with E-state index in [0.29, 0.717) is 42.2 Å². The minimum atomic E-state index is -0.122. The number of para-hydroxylation sites is 3. The largest absolute Gasteiger partial charge is 0.492 e. The van der Waals surface area contributed by atoms with Crippen LogP contribution in [0.4, 0.5) is 5.69 Å². The zero-order valence-electron chi connectivity index (χ0n) is 19.9. The van der Waals surface area contributed by atoms with Gasteiger partial charge >= 0.3 is 0 Å². The first-order valence-corrected chi connectivity index (χ1v) is 12.4. The first-order chi connectivity index (χ1) is 16.6. The molecule has 2 amide bonds. The Morgan fingerprint density at radius 2 is 1.79 bits per heavy atom. The zero-order valence-corrected chi connectivity index (χ0v) is 19.9. The number of anilines is 1. The minimum absolute atomic E-state index is 0.0422. The summed E-state index contributed by atoms with van der Waals surface area (Å²) in [5.74, 6) is 0.511. The van der Waals surface area contributed by atoms with E-state index in [1.165, 1.54) is 6.42 Å². The first-order valence-electron chi connectivity index (χ1n) is 12.4. The molecule has 2 aromatic carbocycles. The Balaban J connectivity index is 1.63. The Morgan fingerprint density at radius 1 is 1.06 bits per heavy atom. The molecule has 1 aliphatic carbocycles. The molecule has 0 saturated heterocycles. The molecule has 2 heterocycles. The summed E-state index contributed by atoms with van der Waals surface area (Å²) in [5, 5.41) is 0.789. The fourth-order valence-corrected chi connectivity index (χ4v) is 5.41. The SMILES string of the molecule is CCOc1ccccc1N(CC)C(=O)c1c2c(nc3ccccc13)C(=O)N(C1CCCCC1)C2. The van der Waals surface area contributed by atoms with E-state index < -0.39 is 0 Å². The molecule has 5 rings (SSSR count). The minimum Gasteiger partial charge on any atom is -0.492 e. The molecule has 2 aliphatic rings. The van der Waals surface area contributed by atoms with Gasteiger partial charge in [0.15, 0.2) is 0 Å². The van der Waals surface area contributed by atoms with Crippen LogP contribution in [0.3, 0.4) is 0 Å². The van der Waals surface area contributed by atoms with Crippen LogP contribution >= 0.6 is 0 Å². The molecule has 0 bridgehead atoms. The van der Waals surface area contributed by atoms with Crippen molar-refractivity contribution in [2.24, 2.45) is 0 Å². The van der Waals surface area contributed by atoms with Gasteiger partial charge in [0.2, 0.25) is 0 Å². The van der Waals surface area contributed by atoms with Crippen molar-refractivity contribution < 1.29 is 14.3 Å². The molecule has 6 heteroatoms. The second kappa shape index (κ2) is 9.45. The standard InChI is InChI=1S/C28H31N3O3/c1-3-30(23-16-10-11-17-24(23)34-4-2)27(32)25-20-14-8-9-15-22(20)29-26-21(25)18-31(28(26)33)19-12-6-5-7-13-19/h8-11,14-17,19H,3-7,12-13,18H2,1-2H3. The average Bonchev–Trinajstić information content (AvgIpc) is 3.20. The van der Waals surface area contributed by atoms with E-state index in [-0.39, 0.29) is 17.9 Å². The molecule has 6 nitrogen and oxygen atoms in total. The van der Waals surface area contributed by atoms with Gasteiger partial charge in [-0.25, -0.2) is 4.98 Å². The Morgan fingerprint density at radius 3 is 2.56 bits per heavy atom. The summed E-state index contributed by atoms with van der Waals surface area (Å²) in [6.45, 7) is 5.34. The predicted molar refractivity (Wildman–Crippen MR) is 133 cm³/mol. The van der Waals surface area contributed by atoms with Gasteiger partial charge in [0.05, 0.1) is 23.4 Å². The molecule has 0 spiro atoms. The van der Waals surface area contributed by atoms with Gasteiger partial charge in [0.25, 0.3) is 11.8 Å². The number of carbonyl (C=O) groups excluding carboxylic acids is 2. The number of nitrogens with zero attached hydrogens (tertiary/aromatic N) is 3. The first kappa shape index (κ1) is 22.4. The molecule has 3 aromatic rings. The molecule has 34 heavy (non-hydrogen) atoms. The molecular formula is C28H31N3O3. The maximum Gasteiger partial charge on any atom is 0.273 e. The molecule has 1 aromatic heterocycles. The van der Waals surface area contributed by atoms with Crippen LogP contribution in [-0.2, 0) is 6.54 Å². The van der Waals surface area contributed by atoms with Crippen LogP contribution < -0.4 is 9.64 Å². The molecular weight excluding hydrogens is 426 g/mol. The van der Waals surface area contributed by atoms with E-state index in [4.69, 9.17) is 9.72 Å². The van der Waals surface area contributed by atoms with Crippen LogP contribution in [0.1, 0.15) is 72.4 Å². The number of rotatable bonds is 6. The zero-order chi connectivity index (χ0) is 23.7. The summed E-state index contributed by atoms with van der Waals surface area (Å²) in [6.07, 6.45) is 5.55. The van der Waals surface area contributed by atoms with Crippen molar-refractivity contribution in [3.8, 4) is 5.75 Å². The monoisotopic (exact) mass is 457 g/mol. The van der Waals surface area contributed by atoms with Crippen LogP contribution in [0.2, 0.25) is 0 Å². The normalized spacial score (nSPS) is 16.1. The van der Waals surface area contributed by atoms with Gasteiger partial charge in [-0.2, -0.15) is 0 Å². The lowest BCUT2D eigenvalue weighted by Gasteiger charge is -2.30. The molecule has 176 valence electrons. The summed E-state index contributed by atoms with van der Waals surface area (Å²) >= 11 is 0. The number of carbonyl (C=O) groups is 2. The van der Waals surface area contributed by atoms with E-state index in [1.807, 2.05) is 67.3 Å². The van der Waals surface area contributed by atoms with Gasteiger partial charge in [-0.3, -0.25) is 9.59 Å². The Kier molecular flexibility index (Phi) is 6.22. The van der Waals surface area contributed by atoms with Gasteiger partial charge in [0, 0.05) is 30.1 Å². The van der Waals surface area contributed by atoms with Crippen molar-refractivity contribution in [2.75, 3.05) is 18.1 Å². The second-order valence-electron chi connectivity index (χ2n) is 9.01. The maximum atomic E-state index is 14.2. The van der Waals surface area contributed by atoms with Gasteiger partial charge in [-0.1, -0.05) is 49.6 Å². The molecule has 0 N–H and O–H groups in total. The topological polar surface area (TPSA) is 62.7 Å². The fraction of sp³-hybridized carbons (Fsp3) is 0.393. The fourth-order valence-electron chi connectivity index (χ4n) is 5.41. The highest BCUT2D eigenvalue weighted by Crippen LogP contribution is 2.37.